The molecule has 0 atom stereocenters. The molecule has 22 heavy (non-hydrogen) atoms. The first kappa shape index (κ1) is 14.5. The number of hydrogen-bond acceptors (Lipinski definition) is 5. The molecule has 0 radical (unpaired) electrons. The first-order chi connectivity index (χ1) is 10.5. The van der Waals surface area contributed by atoms with Gasteiger partial charge in [0.2, 0.25) is 14.9 Å². The SMILES string of the molecule is COc1ccc(S(=O)(=O)c2cc3ccc(OC)cc3o2)cc1. The second-order valence-electron chi connectivity index (χ2n) is 4.65. The second-order valence-corrected chi connectivity index (χ2v) is 6.53. The van der Waals surface area contributed by atoms with Crippen LogP contribution in [0.2, 0.25) is 0 Å². The maximum Gasteiger partial charge on any atom is 0.239 e. The summed E-state index contributed by atoms with van der Waals surface area (Å²) in [5.41, 5.74) is 0.464. The Morgan fingerprint density at radius 3 is 2.14 bits per heavy atom. The van der Waals surface area contributed by atoms with E-state index in [4.69, 9.17) is 13.9 Å². The molecule has 0 fully saturated rings. The van der Waals surface area contributed by atoms with Crippen LogP contribution in [0.15, 0.2) is 62.9 Å². The number of benzene rings is 2. The van der Waals surface area contributed by atoms with Crippen molar-refractivity contribution in [1.82, 2.24) is 0 Å². The van der Waals surface area contributed by atoms with Gasteiger partial charge >= 0.3 is 0 Å². The lowest BCUT2D eigenvalue weighted by Crippen LogP contribution is -2.00. The van der Waals surface area contributed by atoms with Crippen molar-refractivity contribution in [2.75, 3.05) is 14.2 Å². The summed E-state index contributed by atoms with van der Waals surface area (Å²) in [4.78, 5) is 0.152. The van der Waals surface area contributed by atoms with Crippen LogP contribution in [-0.2, 0) is 9.84 Å². The van der Waals surface area contributed by atoms with Crippen molar-refractivity contribution in [3.8, 4) is 11.5 Å². The van der Waals surface area contributed by atoms with Crippen LogP contribution in [0.3, 0.4) is 0 Å². The van der Waals surface area contributed by atoms with Gasteiger partial charge in [0.25, 0.3) is 0 Å². The van der Waals surface area contributed by atoms with Gasteiger partial charge < -0.3 is 13.9 Å². The molecule has 3 aromatic rings. The van der Waals surface area contributed by atoms with Crippen LogP contribution in [-0.4, -0.2) is 22.6 Å². The Labute approximate surface area is 128 Å². The summed E-state index contributed by atoms with van der Waals surface area (Å²) >= 11 is 0. The minimum atomic E-state index is -3.71. The molecular formula is C16H14O5S. The van der Waals surface area contributed by atoms with E-state index in [1.54, 1.807) is 37.4 Å². The highest BCUT2D eigenvalue weighted by Crippen LogP contribution is 2.30. The maximum atomic E-state index is 12.6. The summed E-state index contributed by atoms with van der Waals surface area (Å²) in [7, 11) is -0.644. The summed E-state index contributed by atoms with van der Waals surface area (Å²) in [6.45, 7) is 0. The minimum absolute atomic E-state index is 0.0964. The van der Waals surface area contributed by atoms with E-state index in [2.05, 4.69) is 0 Å². The standard InChI is InChI=1S/C16H14O5S/c1-19-12-5-7-14(8-6-12)22(17,18)16-9-11-3-4-13(20-2)10-15(11)21-16/h3-10H,1-2H3. The molecular weight excluding hydrogens is 304 g/mol. The van der Waals surface area contributed by atoms with Crippen LogP contribution in [0.5, 0.6) is 11.5 Å². The molecule has 2 aromatic carbocycles. The van der Waals surface area contributed by atoms with Crippen molar-refractivity contribution in [3.05, 3.63) is 48.5 Å². The Morgan fingerprint density at radius 1 is 0.864 bits per heavy atom. The van der Waals surface area contributed by atoms with Crippen molar-refractivity contribution in [3.63, 3.8) is 0 Å². The zero-order valence-corrected chi connectivity index (χ0v) is 12.9. The third-order valence-electron chi connectivity index (χ3n) is 3.34. The molecule has 0 aliphatic heterocycles. The fourth-order valence-electron chi connectivity index (χ4n) is 2.12. The smallest absolute Gasteiger partial charge is 0.239 e. The van der Waals surface area contributed by atoms with E-state index < -0.39 is 9.84 Å². The summed E-state index contributed by atoms with van der Waals surface area (Å²) in [6.07, 6.45) is 0. The quantitative estimate of drug-likeness (QED) is 0.738. The lowest BCUT2D eigenvalue weighted by Gasteiger charge is -2.03. The average Bonchev–Trinajstić information content (AvgIpc) is 2.98. The second kappa shape index (κ2) is 5.38. The van der Waals surface area contributed by atoms with Crippen molar-refractivity contribution >= 4 is 20.8 Å². The molecule has 6 heteroatoms. The van der Waals surface area contributed by atoms with Crippen LogP contribution in [0.25, 0.3) is 11.0 Å². The Bertz CT molecular complexity index is 907. The lowest BCUT2D eigenvalue weighted by atomic mass is 10.2. The molecule has 1 aromatic heterocycles. The Hall–Kier alpha value is -2.47. The molecule has 1 heterocycles. The molecule has 0 N–H and O–H groups in total. The predicted octanol–water partition coefficient (Wildman–Crippen LogP) is 3.28. The Morgan fingerprint density at radius 2 is 1.50 bits per heavy atom. The van der Waals surface area contributed by atoms with Crippen LogP contribution in [0.4, 0.5) is 0 Å². The van der Waals surface area contributed by atoms with E-state index in [0.717, 1.165) is 0 Å². The van der Waals surface area contributed by atoms with E-state index in [0.29, 0.717) is 22.5 Å². The van der Waals surface area contributed by atoms with Gasteiger partial charge in [-0.2, -0.15) is 0 Å². The van der Waals surface area contributed by atoms with Crippen LogP contribution >= 0.6 is 0 Å². The summed E-state index contributed by atoms with van der Waals surface area (Å²) < 4.78 is 40.8. The van der Waals surface area contributed by atoms with E-state index in [9.17, 15) is 8.42 Å². The van der Waals surface area contributed by atoms with Gasteiger partial charge in [-0.15, -0.1) is 0 Å². The highest BCUT2D eigenvalue weighted by atomic mass is 32.2. The number of furan rings is 1. The van der Waals surface area contributed by atoms with E-state index in [1.165, 1.54) is 25.3 Å². The van der Waals surface area contributed by atoms with Gasteiger partial charge in [-0.1, -0.05) is 0 Å². The highest BCUT2D eigenvalue weighted by Gasteiger charge is 2.22. The van der Waals surface area contributed by atoms with Crippen molar-refractivity contribution in [2.45, 2.75) is 9.99 Å². The highest BCUT2D eigenvalue weighted by molar-refractivity contribution is 7.91. The van der Waals surface area contributed by atoms with Gasteiger partial charge in [-0.25, -0.2) is 8.42 Å². The molecule has 0 amide bonds. The maximum absolute atomic E-state index is 12.6. The molecule has 0 spiro atoms. The number of methoxy groups -OCH3 is 2. The summed E-state index contributed by atoms with van der Waals surface area (Å²) in [5, 5.41) is 0.605. The first-order valence-corrected chi connectivity index (χ1v) is 7.99. The largest absolute Gasteiger partial charge is 0.497 e. The monoisotopic (exact) mass is 318 g/mol. The Kier molecular flexibility index (Phi) is 3.54. The normalized spacial score (nSPS) is 11.5. The van der Waals surface area contributed by atoms with Crippen LogP contribution in [0.1, 0.15) is 0 Å². The summed E-state index contributed by atoms with van der Waals surface area (Å²) in [5.74, 6) is 1.20. The fraction of sp³-hybridized carbons (Fsp3) is 0.125. The van der Waals surface area contributed by atoms with Gasteiger partial charge in [0.05, 0.1) is 19.1 Å². The average molecular weight is 318 g/mol. The van der Waals surface area contributed by atoms with Gasteiger partial charge in [0.15, 0.2) is 0 Å². The van der Waals surface area contributed by atoms with Gasteiger partial charge in [0.1, 0.15) is 17.1 Å². The third-order valence-corrected chi connectivity index (χ3v) is 4.96. The van der Waals surface area contributed by atoms with Gasteiger partial charge in [-0.05, 0) is 36.4 Å². The number of ether oxygens (including phenoxy) is 2. The number of fused-ring (bicyclic) bond motifs is 1. The molecule has 0 saturated heterocycles. The number of hydrogen-bond donors (Lipinski definition) is 0. The van der Waals surface area contributed by atoms with Gasteiger partial charge in [0, 0.05) is 17.5 Å². The molecule has 0 bridgehead atoms. The predicted molar refractivity (Wildman–Crippen MR) is 81.2 cm³/mol. The minimum Gasteiger partial charge on any atom is -0.497 e. The zero-order chi connectivity index (χ0) is 15.7. The molecule has 5 nitrogen and oxygen atoms in total. The van der Waals surface area contributed by atoms with E-state index >= 15 is 0 Å². The Balaban J connectivity index is 2.07. The van der Waals surface area contributed by atoms with E-state index in [-0.39, 0.29) is 9.99 Å². The molecule has 0 aliphatic carbocycles. The molecule has 0 aliphatic rings. The molecule has 3 rings (SSSR count). The van der Waals surface area contributed by atoms with Crippen LogP contribution < -0.4 is 9.47 Å². The molecule has 0 saturated carbocycles. The zero-order valence-electron chi connectivity index (χ0n) is 12.1. The number of sulfone groups is 1. The molecule has 0 unspecified atom stereocenters. The summed E-state index contributed by atoms with van der Waals surface area (Å²) in [6, 6.07) is 12.8. The fourth-order valence-corrected chi connectivity index (χ4v) is 3.33. The lowest BCUT2D eigenvalue weighted by molar-refractivity contribution is 0.413. The molecule has 114 valence electrons. The van der Waals surface area contributed by atoms with Crippen molar-refractivity contribution < 1.29 is 22.3 Å². The van der Waals surface area contributed by atoms with Crippen LogP contribution in [0, 0.1) is 0 Å². The van der Waals surface area contributed by atoms with Crippen molar-refractivity contribution in [1.29, 1.82) is 0 Å². The van der Waals surface area contributed by atoms with Crippen molar-refractivity contribution in [2.24, 2.45) is 0 Å². The number of rotatable bonds is 4. The first-order valence-electron chi connectivity index (χ1n) is 6.51. The van der Waals surface area contributed by atoms with E-state index in [1.807, 2.05) is 0 Å². The van der Waals surface area contributed by atoms with Gasteiger partial charge in [-0.3, -0.25) is 0 Å². The topological polar surface area (TPSA) is 65.7 Å². The third kappa shape index (κ3) is 2.42.